The summed E-state index contributed by atoms with van der Waals surface area (Å²) in [4.78, 5) is 37.6. The van der Waals surface area contributed by atoms with Gasteiger partial charge in [0, 0.05) is 50.8 Å². The first-order valence-corrected chi connectivity index (χ1v) is 9.90. The maximum Gasteiger partial charge on any atom is 0.255 e. The van der Waals surface area contributed by atoms with Crippen molar-refractivity contribution < 1.29 is 48.8 Å². The van der Waals surface area contributed by atoms with Gasteiger partial charge in [-0.15, -0.1) is 0 Å². The highest BCUT2D eigenvalue weighted by Gasteiger charge is 2.40. The van der Waals surface area contributed by atoms with Crippen LogP contribution in [0, 0.1) is 5.82 Å². The highest BCUT2D eigenvalue weighted by Crippen LogP contribution is 2.34. The minimum atomic E-state index is -3.69. The smallest absolute Gasteiger partial charge is 0.255 e. The summed E-state index contributed by atoms with van der Waals surface area (Å²) >= 11 is 0. The van der Waals surface area contributed by atoms with Gasteiger partial charge in [-0.2, -0.15) is 0 Å². The lowest BCUT2D eigenvalue weighted by Crippen LogP contribution is -2.52. The van der Waals surface area contributed by atoms with Gasteiger partial charge in [0.1, 0.15) is 24.1 Å². The van der Waals surface area contributed by atoms with Gasteiger partial charge in [0.05, 0.1) is 32.0 Å². The number of hydrogen-bond acceptors (Lipinski definition) is 6. The van der Waals surface area contributed by atoms with Gasteiger partial charge in [-0.1, -0.05) is 18.2 Å². The Balaban J connectivity index is 1.51. The Bertz CT molecular complexity index is 1750. The number of halogens is 1. The fourth-order valence-corrected chi connectivity index (χ4v) is 3.36. The molecule has 9 heteroatoms. The Morgan fingerprint density at radius 1 is 1.24 bits per heavy atom. The number of carbonyl (C=O) groups is 3. The molecule has 3 amide bonds. The van der Waals surface area contributed by atoms with Gasteiger partial charge in [-0.25, -0.2) is 4.39 Å². The molecule has 1 unspecified atom stereocenters. The van der Waals surface area contributed by atoms with Crippen LogP contribution in [0.2, 0.25) is 0 Å². The number of fused-ring (bicyclic) bond motifs is 1. The third-order valence-electron chi connectivity index (χ3n) is 4.96. The molecule has 3 aliphatic heterocycles. The molecule has 2 saturated heterocycles. The first-order valence-electron chi connectivity index (χ1n) is 17.4. The zero-order valence-electron chi connectivity index (χ0n) is 32.2. The number of amides is 3. The predicted molar refractivity (Wildman–Crippen MR) is 119 cm³/mol. The van der Waals surface area contributed by atoms with Crippen LogP contribution in [-0.4, -0.2) is 59.7 Å². The van der Waals surface area contributed by atoms with Crippen molar-refractivity contribution in [2.75, 3.05) is 26.1 Å². The van der Waals surface area contributed by atoms with Crippen molar-refractivity contribution in [3.8, 4) is 5.75 Å². The second-order valence-corrected chi connectivity index (χ2v) is 7.13. The summed E-state index contributed by atoms with van der Waals surface area (Å²) in [5.41, 5.74) is -2.89. The van der Waals surface area contributed by atoms with Crippen molar-refractivity contribution in [3.63, 3.8) is 0 Å². The van der Waals surface area contributed by atoms with E-state index in [-0.39, 0.29) is 6.42 Å². The van der Waals surface area contributed by atoms with E-state index < -0.39 is 115 Å². The molecule has 2 aromatic rings. The molecule has 1 atom stereocenters. The van der Waals surface area contributed by atoms with E-state index in [1.165, 1.54) is 6.07 Å². The number of hydrogen-bond donors (Lipinski definition) is 1. The first-order chi connectivity index (χ1) is 22.1. The Hall–Kier alpha value is -3.30. The van der Waals surface area contributed by atoms with Gasteiger partial charge in [-0.3, -0.25) is 24.6 Å². The van der Waals surface area contributed by atoms with Crippen LogP contribution in [0.5, 0.6) is 5.75 Å². The summed E-state index contributed by atoms with van der Waals surface area (Å²) < 4.78 is 149. The van der Waals surface area contributed by atoms with E-state index in [1.54, 1.807) is 0 Å². The van der Waals surface area contributed by atoms with Crippen LogP contribution in [-0.2, 0) is 33.9 Å². The number of carbonyl (C=O) groups excluding carboxylic acids is 3. The number of morpholine rings is 1. The minimum Gasteiger partial charge on any atom is -0.488 e. The molecule has 0 radical (unpaired) electrons. The second-order valence-electron chi connectivity index (χ2n) is 7.13. The average Bonchev–Trinajstić information content (AvgIpc) is 3.14. The number of piperidine rings is 1. The van der Waals surface area contributed by atoms with Crippen molar-refractivity contribution in [1.82, 2.24) is 15.1 Å². The molecule has 0 aromatic heterocycles. The van der Waals surface area contributed by atoms with Crippen molar-refractivity contribution in [3.05, 3.63) is 64.5 Å². The minimum absolute atomic E-state index is 0.292. The number of imide groups is 1. The quantitative estimate of drug-likeness (QED) is 0.634. The highest BCUT2D eigenvalue weighted by atomic mass is 19.1. The van der Waals surface area contributed by atoms with E-state index in [0.717, 1.165) is 12.1 Å². The Morgan fingerprint density at radius 3 is 2.82 bits per heavy atom. The molecule has 0 aliphatic carbocycles. The van der Waals surface area contributed by atoms with Crippen LogP contribution >= 0.6 is 0 Å². The molecule has 2 aromatic carbocycles. The monoisotopic (exact) mass is 482 g/mol. The molecule has 0 spiro atoms. The van der Waals surface area contributed by atoms with Gasteiger partial charge in [0.25, 0.3) is 5.91 Å². The average molecular weight is 483 g/mol. The fraction of sp³-hybridized carbons (Fsp3) is 0.400. The predicted octanol–water partition coefficient (Wildman–Crippen LogP) is 2.00. The molecule has 3 heterocycles. The Labute approximate surface area is 217 Å². The van der Waals surface area contributed by atoms with Crippen LogP contribution in [0.25, 0.3) is 0 Å². The van der Waals surface area contributed by atoms with Crippen molar-refractivity contribution >= 4 is 17.7 Å². The summed E-state index contributed by atoms with van der Waals surface area (Å²) in [5.74, 6) is -5.37. The van der Waals surface area contributed by atoms with Crippen LogP contribution < -0.4 is 10.1 Å². The van der Waals surface area contributed by atoms with Gasteiger partial charge in [0.2, 0.25) is 11.8 Å². The van der Waals surface area contributed by atoms with E-state index in [2.05, 4.69) is 4.74 Å². The maximum absolute atomic E-state index is 15.7. The SMILES string of the molecule is [2H]C([2H])(Oc1cccc2c1C([2H])([2H])N(C1([2H])CCC(=O)NC1=O)C2=O)c1ccc(C([2H])([2H])N2C([2H])([2H])C([2H])([2H])OC([2H])([2H])C2([2H])[2H])cc1F. The second kappa shape index (κ2) is 9.52. The Kier molecular flexibility index (Phi) is 3.07. The van der Waals surface area contributed by atoms with E-state index >= 15 is 4.39 Å². The zero-order valence-corrected chi connectivity index (χ0v) is 17.2. The molecule has 0 saturated carbocycles. The Morgan fingerprint density at radius 2 is 2.06 bits per heavy atom. The third-order valence-corrected chi connectivity index (χ3v) is 4.96. The summed E-state index contributed by atoms with van der Waals surface area (Å²) in [5, 5.41) is 1.89. The van der Waals surface area contributed by atoms with Gasteiger partial charge in [-0.05, 0) is 30.2 Å². The summed E-state index contributed by atoms with van der Waals surface area (Å²) in [7, 11) is 0. The van der Waals surface area contributed by atoms with E-state index in [4.69, 9.17) is 25.3 Å². The van der Waals surface area contributed by atoms with Crippen molar-refractivity contribution in [2.45, 2.75) is 38.4 Å². The van der Waals surface area contributed by atoms with Crippen molar-refractivity contribution in [1.29, 1.82) is 0 Å². The standard InChI is InChI=1S/C25H26FN3O5/c26-20-12-16(13-28-8-10-33-11-9-28)4-5-17(20)15-34-22-3-1-2-18-19(22)14-29(25(18)32)21-6-7-23(30)27-24(21)31/h1-5,12,21H,6-11,13-15H2,(H,27,30,31)/i8D2,9D2,10D2,11D2,13D2,14D2,15D2,21D. The van der Waals surface area contributed by atoms with Crippen LogP contribution in [0.4, 0.5) is 4.39 Å². The lowest BCUT2D eigenvalue weighted by Gasteiger charge is -2.29. The molecular formula is C25H26FN3O5. The highest BCUT2D eigenvalue weighted by molar-refractivity contribution is 6.05. The van der Waals surface area contributed by atoms with Gasteiger partial charge < -0.3 is 14.4 Å². The molecule has 178 valence electrons. The third kappa shape index (κ3) is 4.53. The molecule has 2 fully saturated rings. The van der Waals surface area contributed by atoms with Gasteiger partial charge >= 0.3 is 0 Å². The first kappa shape index (κ1) is 11.0. The molecule has 1 N–H and O–H groups in total. The molecule has 5 rings (SSSR count). The zero-order chi connectivity index (χ0) is 37.1. The number of nitrogens with one attached hydrogen (secondary N) is 1. The van der Waals surface area contributed by atoms with E-state index in [9.17, 15) is 14.4 Å². The normalized spacial score (nSPS) is 37.9. The lowest BCUT2D eigenvalue weighted by molar-refractivity contribution is -0.136. The fourth-order valence-electron chi connectivity index (χ4n) is 3.36. The van der Waals surface area contributed by atoms with Crippen molar-refractivity contribution in [2.24, 2.45) is 0 Å². The molecule has 34 heavy (non-hydrogen) atoms. The van der Waals surface area contributed by atoms with E-state index in [1.807, 2.05) is 5.32 Å². The number of benzene rings is 2. The number of rotatable bonds is 6. The van der Waals surface area contributed by atoms with Crippen LogP contribution in [0.1, 0.15) is 60.5 Å². The van der Waals surface area contributed by atoms with E-state index in [0.29, 0.717) is 23.1 Å². The van der Waals surface area contributed by atoms with Gasteiger partial charge in [0.15, 0.2) is 0 Å². The molecule has 8 nitrogen and oxygen atoms in total. The topological polar surface area (TPSA) is 88.2 Å². The summed E-state index contributed by atoms with van der Waals surface area (Å²) in [6.07, 6.45) is -0.937. The summed E-state index contributed by atoms with van der Waals surface area (Å²) in [6, 6.07) is 2.39. The van der Waals surface area contributed by atoms with Crippen LogP contribution in [0.15, 0.2) is 36.4 Å². The number of nitrogens with zero attached hydrogens (tertiary/aromatic N) is 2. The largest absolute Gasteiger partial charge is 0.488 e. The van der Waals surface area contributed by atoms with Crippen LogP contribution in [0.3, 0.4) is 0 Å². The molecular weight excluding hydrogens is 441 g/mol. The summed E-state index contributed by atoms with van der Waals surface area (Å²) in [6.45, 7) is -24.4. The number of ether oxygens (including phenoxy) is 2. The maximum atomic E-state index is 15.7. The molecule has 3 aliphatic rings. The lowest BCUT2D eigenvalue weighted by atomic mass is 10.0. The molecule has 0 bridgehead atoms.